The zero-order valence-corrected chi connectivity index (χ0v) is 5.44. The van der Waals surface area contributed by atoms with Gasteiger partial charge in [0.2, 0.25) is 0 Å². The third-order valence-corrected chi connectivity index (χ3v) is 0.804. The lowest BCUT2D eigenvalue weighted by Crippen LogP contribution is -2.14. The fourth-order valence-corrected chi connectivity index (χ4v) is 0.361. The average molecular weight is 116 g/mol. The van der Waals surface area contributed by atoms with Crippen LogP contribution in [0.5, 0.6) is 0 Å². The van der Waals surface area contributed by atoms with Gasteiger partial charge in [-0.05, 0) is 13.3 Å². The minimum absolute atomic E-state index is 0.643. The summed E-state index contributed by atoms with van der Waals surface area (Å²) in [4.78, 5) is 4.91. The molecule has 1 N–H and O–H groups in total. The largest absolute Gasteiger partial charge is 0.302 e. The van der Waals surface area contributed by atoms with Crippen LogP contribution in [0.4, 0.5) is 0 Å². The first-order valence-corrected chi connectivity index (χ1v) is 3.05. The van der Waals surface area contributed by atoms with E-state index in [9.17, 15) is 0 Å². The van der Waals surface area contributed by atoms with Crippen molar-refractivity contribution in [1.29, 1.82) is 0 Å². The van der Waals surface area contributed by atoms with Gasteiger partial charge in [-0.2, -0.15) is 0 Å². The second kappa shape index (κ2) is 6.92. The van der Waals surface area contributed by atoms with Gasteiger partial charge in [-0.25, -0.2) is 5.48 Å². The maximum atomic E-state index is 4.91. The molecule has 0 aliphatic rings. The summed E-state index contributed by atoms with van der Waals surface area (Å²) in [5.41, 5.74) is 2.67. The molecular formula is C6H14NO. The minimum Gasteiger partial charge on any atom is -0.302 e. The Labute approximate surface area is 51.2 Å². The Kier molecular flexibility index (Phi) is 6.85. The highest BCUT2D eigenvalue weighted by Crippen LogP contribution is 1.83. The Morgan fingerprint density at radius 3 is 2.88 bits per heavy atom. The van der Waals surface area contributed by atoms with Gasteiger partial charge in [0.05, 0.1) is 6.61 Å². The number of hydroxylamine groups is 1. The summed E-state index contributed by atoms with van der Waals surface area (Å²) in [5.74, 6) is 0. The second-order valence-corrected chi connectivity index (χ2v) is 1.60. The summed E-state index contributed by atoms with van der Waals surface area (Å²) in [6.07, 6.45) is 2.30. The number of hydrogen-bond acceptors (Lipinski definition) is 2. The van der Waals surface area contributed by atoms with Gasteiger partial charge in [0.25, 0.3) is 0 Å². The van der Waals surface area contributed by atoms with Crippen LogP contribution in [-0.2, 0) is 4.84 Å². The maximum Gasteiger partial charge on any atom is 0.0682 e. The number of nitrogens with one attached hydrogen (secondary N) is 1. The molecule has 0 saturated carbocycles. The van der Waals surface area contributed by atoms with Gasteiger partial charge in [0.15, 0.2) is 0 Å². The van der Waals surface area contributed by atoms with E-state index in [1.165, 1.54) is 6.42 Å². The Hall–Kier alpha value is -0.0800. The highest BCUT2D eigenvalue weighted by Gasteiger charge is 1.80. The van der Waals surface area contributed by atoms with Gasteiger partial charge in [0.1, 0.15) is 0 Å². The summed E-state index contributed by atoms with van der Waals surface area (Å²) >= 11 is 0. The van der Waals surface area contributed by atoms with Crippen molar-refractivity contribution in [2.45, 2.75) is 19.8 Å². The first-order chi connectivity index (χ1) is 3.91. The van der Waals surface area contributed by atoms with Crippen LogP contribution in [0.3, 0.4) is 0 Å². The maximum absolute atomic E-state index is 4.91. The van der Waals surface area contributed by atoms with E-state index in [2.05, 4.69) is 19.3 Å². The zero-order chi connectivity index (χ0) is 6.24. The van der Waals surface area contributed by atoms with Crippen LogP contribution in [0.2, 0.25) is 0 Å². The number of rotatable bonds is 5. The molecule has 49 valence electrons. The summed E-state index contributed by atoms with van der Waals surface area (Å²) in [6.45, 7) is 7.12. The quantitative estimate of drug-likeness (QED) is 0.429. The summed E-state index contributed by atoms with van der Waals surface area (Å²) < 4.78 is 0. The molecule has 2 heteroatoms. The lowest BCUT2D eigenvalue weighted by Gasteiger charge is -1.99. The lowest BCUT2D eigenvalue weighted by atomic mass is 10.4. The first kappa shape index (κ1) is 7.92. The van der Waals surface area contributed by atoms with E-state index in [0.717, 1.165) is 13.0 Å². The molecule has 0 saturated heterocycles. The van der Waals surface area contributed by atoms with E-state index >= 15 is 0 Å². The minimum atomic E-state index is 0.643. The van der Waals surface area contributed by atoms with E-state index in [1.807, 2.05) is 0 Å². The highest BCUT2D eigenvalue weighted by atomic mass is 16.6. The molecule has 0 amide bonds. The molecule has 0 heterocycles. The van der Waals surface area contributed by atoms with E-state index < -0.39 is 0 Å². The predicted octanol–water partition coefficient (Wildman–Crippen LogP) is 1.14. The number of hydrogen-bond donors (Lipinski definition) is 1. The molecule has 0 rings (SSSR count). The fourth-order valence-electron chi connectivity index (χ4n) is 0.361. The third-order valence-electron chi connectivity index (χ3n) is 0.804. The molecule has 2 nitrogen and oxygen atoms in total. The Morgan fingerprint density at radius 1 is 1.62 bits per heavy atom. The SMILES string of the molecule is [CH2]CNOCCCC. The van der Waals surface area contributed by atoms with Crippen molar-refractivity contribution in [1.82, 2.24) is 5.48 Å². The van der Waals surface area contributed by atoms with Crippen molar-refractivity contribution in [3.63, 3.8) is 0 Å². The molecule has 0 aliphatic carbocycles. The van der Waals surface area contributed by atoms with Gasteiger partial charge in [0, 0.05) is 6.54 Å². The van der Waals surface area contributed by atoms with Crippen LogP contribution in [0.25, 0.3) is 0 Å². The van der Waals surface area contributed by atoms with E-state index in [4.69, 9.17) is 4.84 Å². The predicted molar refractivity (Wildman–Crippen MR) is 34.2 cm³/mol. The van der Waals surface area contributed by atoms with Crippen LogP contribution < -0.4 is 5.48 Å². The summed E-state index contributed by atoms with van der Waals surface area (Å²) in [5, 5.41) is 0. The normalized spacial score (nSPS) is 9.75. The standard InChI is InChI=1S/C6H14NO/c1-3-5-6-8-7-4-2/h7H,2-6H2,1H3. The fraction of sp³-hybridized carbons (Fsp3) is 0.833. The van der Waals surface area contributed by atoms with Crippen molar-refractivity contribution < 1.29 is 4.84 Å². The van der Waals surface area contributed by atoms with E-state index in [0.29, 0.717) is 6.54 Å². The summed E-state index contributed by atoms with van der Waals surface area (Å²) in [7, 11) is 0. The molecule has 0 bridgehead atoms. The molecule has 0 aromatic carbocycles. The Morgan fingerprint density at radius 2 is 2.38 bits per heavy atom. The molecule has 0 unspecified atom stereocenters. The van der Waals surface area contributed by atoms with Crippen molar-refractivity contribution in [2.75, 3.05) is 13.2 Å². The first-order valence-electron chi connectivity index (χ1n) is 3.05. The van der Waals surface area contributed by atoms with Gasteiger partial charge in [-0.3, -0.25) is 0 Å². The van der Waals surface area contributed by atoms with Crippen molar-refractivity contribution in [2.24, 2.45) is 0 Å². The van der Waals surface area contributed by atoms with Gasteiger partial charge in [-0.15, -0.1) is 0 Å². The van der Waals surface area contributed by atoms with Crippen molar-refractivity contribution in [3.8, 4) is 0 Å². The monoisotopic (exact) mass is 116 g/mol. The van der Waals surface area contributed by atoms with Gasteiger partial charge >= 0.3 is 0 Å². The molecule has 0 aromatic heterocycles. The van der Waals surface area contributed by atoms with Crippen LogP contribution in [-0.4, -0.2) is 13.2 Å². The highest BCUT2D eigenvalue weighted by molar-refractivity contribution is 4.33. The molecule has 0 fully saturated rings. The number of unbranched alkanes of at least 4 members (excludes halogenated alkanes) is 1. The Bertz CT molecular complexity index is 33.5. The Balaban J connectivity index is 2.53. The average Bonchev–Trinajstić information content (AvgIpc) is 1.81. The van der Waals surface area contributed by atoms with Crippen molar-refractivity contribution >= 4 is 0 Å². The van der Waals surface area contributed by atoms with Crippen LogP contribution in [0, 0.1) is 6.92 Å². The zero-order valence-electron chi connectivity index (χ0n) is 5.44. The molecule has 1 radical (unpaired) electrons. The summed E-state index contributed by atoms with van der Waals surface area (Å²) in [6, 6.07) is 0. The molecule has 0 aliphatic heterocycles. The lowest BCUT2D eigenvalue weighted by molar-refractivity contribution is 0.0462. The third kappa shape index (κ3) is 5.92. The van der Waals surface area contributed by atoms with Gasteiger partial charge < -0.3 is 4.84 Å². The molecule has 0 spiro atoms. The van der Waals surface area contributed by atoms with Crippen LogP contribution in [0.15, 0.2) is 0 Å². The topological polar surface area (TPSA) is 21.3 Å². The van der Waals surface area contributed by atoms with Crippen LogP contribution >= 0.6 is 0 Å². The van der Waals surface area contributed by atoms with Gasteiger partial charge in [-0.1, -0.05) is 13.3 Å². The van der Waals surface area contributed by atoms with Crippen molar-refractivity contribution in [3.05, 3.63) is 6.92 Å². The van der Waals surface area contributed by atoms with Crippen LogP contribution in [0.1, 0.15) is 19.8 Å². The molecule has 0 atom stereocenters. The second-order valence-electron chi connectivity index (χ2n) is 1.60. The van der Waals surface area contributed by atoms with E-state index in [-0.39, 0.29) is 0 Å². The smallest absolute Gasteiger partial charge is 0.0682 e. The molecular weight excluding hydrogens is 102 g/mol. The molecule has 8 heavy (non-hydrogen) atoms. The van der Waals surface area contributed by atoms with E-state index in [1.54, 1.807) is 0 Å². The molecule has 0 aromatic rings.